The third kappa shape index (κ3) is 2.91. The van der Waals surface area contributed by atoms with E-state index in [1.807, 2.05) is 34.9 Å². The lowest BCUT2D eigenvalue weighted by molar-refractivity contribution is 0.0990. The highest BCUT2D eigenvalue weighted by Gasteiger charge is 2.29. The first-order valence-corrected chi connectivity index (χ1v) is 9.57. The lowest BCUT2D eigenvalue weighted by atomic mass is 10.2. The third-order valence-corrected chi connectivity index (χ3v) is 6.34. The van der Waals surface area contributed by atoms with Gasteiger partial charge in [0.1, 0.15) is 16.0 Å². The second-order valence-corrected chi connectivity index (χ2v) is 8.42. The minimum atomic E-state index is 0.0475. The summed E-state index contributed by atoms with van der Waals surface area (Å²) < 4.78 is 5.67. The van der Waals surface area contributed by atoms with Crippen molar-refractivity contribution < 1.29 is 9.53 Å². The molecule has 4 rings (SSSR count). The van der Waals surface area contributed by atoms with Gasteiger partial charge in [-0.05, 0) is 25.0 Å². The number of amides is 1. The molecule has 2 aromatic rings. The summed E-state index contributed by atoms with van der Waals surface area (Å²) in [5.74, 6) is 0.0475. The molecule has 0 spiro atoms. The van der Waals surface area contributed by atoms with Crippen LogP contribution in [0.25, 0.3) is 0 Å². The topological polar surface area (TPSA) is 42.4 Å². The highest BCUT2D eigenvalue weighted by Crippen LogP contribution is 2.39. The number of fused-ring (bicyclic) bond motifs is 1. The van der Waals surface area contributed by atoms with Crippen LogP contribution in [0.15, 0.2) is 35.4 Å². The van der Waals surface area contributed by atoms with Crippen molar-refractivity contribution in [3.63, 3.8) is 0 Å². The van der Waals surface area contributed by atoms with Gasteiger partial charge in [0.15, 0.2) is 0 Å². The zero-order valence-corrected chi connectivity index (χ0v) is 14.5. The van der Waals surface area contributed by atoms with E-state index in [0.717, 1.165) is 36.7 Å². The number of ether oxygens (including phenoxy) is 1. The smallest absolute Gasteiger partial charge is 0.270 e. The van der Waals surface area contributed by atoms with Gasteiger partial charge in [0.05, 0.1) is 11.9 Å². The van der Waals surface area contributed by atoms with Crippen molar-refractivity contribution in [1.29, 1.82) is 0 Å². The molecule has 1 saturated heterocycles. The molecule has 23 heavy (non-hydrogen) atoms. The molecule has 2 aliphatic rings. The molecule has 3 heterocycles. The zero-order valence-electron chi connectivity index (χ0n) is 12.9. The molecule has 4 nitrogen and oxygen atoms in total. The molecule has 0 N–H and O–H groups in total. The fourth-order valence-electron chi connectivity index (χ4n) is 3.02. The van der Waals surface area contributed by atoms with Crippen molar-refractivity contribution in [1.82, 2.24) is 4.98 Å². The number of hydrogen-bond donors (Lipinski definition) is 0. The summed E-state index contributed by atoms with van der Waals surface area (Å²) in [4.78, 5) is 21.2. The monoisotopic (exact) mass is 346 g/mol. The number of anilines is 1. The van der Waals surface area contributed by atoms with Crippen LogP contribution in [-0.4, -0.2) is 29.3 Å². The lowest BCUT2D eigenvalue weighted by Crippen LogP contribution is -2.38. The normalized spacial score (nSPS) is 23.8. The minimum Gasteiger partial charge on any atom is -0.371 e. The van der Waals surface area contributed by atoms with Crippen LogP contribution in [0.1, 0.15) is 40.5 Å². The number of carbonyl (C=O) groups is 1. The Morgan fingerprint density at radius 1 is 1.39 bits per heavy atom. The van der Waals surface area contributed by atoms with Crippen LogP contribution in [0.5, 0.6) is 0 Å². The molecule has 0 unspecified atom stereocenters. The molecule has 0 saturated carbocycles. The molecule has 120 valence electrons. The van der Waals surface area contributed by atoms with Gasteiger partial charge in [-0.2, -0.15) is 0 Å². The average Bonchev–Trinajstić information content (AvgIpc) is 3.24. The highest BCUT2D eigenvalue weighted by atomic mass is 32.2. The van der Waals surface area contributed by atoms with E-state index in [9.17, 15) is 4.79 Å². The molecule has 1 aromatic heterocycles. The van der Waals surface area contributed by atoms with Crippen LogP contribution in [0.3, 0.4) is 0 Å². The van der Waals surface area contributed by atoms with E-state index in [2.05, 4.69) is 18.0 Å². The van der Waals surface area contributed by atoms with Crippen LogP contribution in [0, 0.1) is 0 Å². The van der Waals surface area contributed by atoms with E-state index in [4.69, 9.17) is 4.74 Å². The maximum Gasteiger partial charge on any atom is 0.270 e. The van der Waals surface area contributed by atoms with Crippen LogP contribution in [0.4, 0.5) is 5.69 Å². The molecule has 1 aromatic carbocycles. The van der Waals surface area contributed by atoms with Crippen LogP contribution in [0.2, 0.25) is 0 Å². The Labute approximate surface area is 143 Å². The maximum atomic E-state index is 13.0. The van der Waals surface area contributed by atoms with Gasteiger partial charge in [0.25, 0.3) is 5.91 Å². The Kier molecular flexibility index (Phi) is 4.13. The number of aromatic nitrogens is 1. The van der Waals surface area contributed by atoms with Crippen LogP contribution >= 0.6 is 23.1 Å². The molecule has 1 fully saturated rings. The Balaban J connectivity index is 1.62. The van der Waals surface area contributed by atoms with E-state index in [1.165, 1.54) is 16.2 Å². The van der Waals surface area contributed by atoms with Gasteiger partial charge in [-0.25, -0.2) is 4.98 Å². The van der Waals surface area contributed by atoms with Crippen LogP contribution < -0.4 is 4.90 Å². The fraction of sp³-hybridized carbons (Fsp3) is 0.412. The van der Waals surface area contributed by atoms with E-state index >= 15 is 0 Å². The lowest BCUT2D eigenvalue weighted by Gasteiger charge is -2.32. The second kappa shape index (κ2) is 6.26. The molecule has 1 amide bonds. The molecule has 2 aliphatic heterocycles. The number of benzene rings is 1. The average molecular weight is 346 g/mol. The van der Waals surface area contributed by atoms with Gasteiger partial charge in [-0.3, -0.25) is 4.79 Å². The predicted molar refractivity (Wildman–Crippen MR) is 93.5 cm³/mol. The summed E-state index contributed by atoms with van der Waals surface area (Å²) in [5.41, 5.74) is 1.01. The molecule has 0 aliphatic carbocycles. The number of nitrogens with zero attached hydrogens (tertiary/aromatic N) is 2. The largest absolute Gasteiger partial charge is 0.371 e. The van der Waals surface area contributed by atoms with Gasteiger partial charge in [0.2, 0.25) is 0 Å². The summed E-state index contributed by atoms with van der Waals surface area (Å²) in [6, 6.07) is 8.11. The Bertz CT molecular complexity index is 725. The van der Waals surface area contributed by atoms with Crippen molar-refractivity contribution in [2.45, 2.75) is 36.0 Å². The molecule has 0 bridgehead atoms. The van der Waals surface area contributed by atoms with Crippen molar-refractivity contribution in [3.8, 4) is 0 Å². The summed E-state index contributed by atoms with van der Waals surface area (Å²) in [5, 5.41) is 1.32. The summed E-state index contributed by atoms with van der Waals surface area (Å²) in [6.07, 6.45) is 3.85. The number of thioether (sulfide) groups is 1. The van der Waals surface area contributed by atoms with E-state index in [0.29, 0.717) is 10.1 Å². The minimum absolute atomic E-state index is 0.0475. The van der Waals surface area contributed by atoms with E-state index < -0.39 is 0 Å². The number of thiazole rings is 1. The first kappa shape index (κ1) is 15.2. The second-order valence-electron chi connectivity index (χ2n) is 5.88. The maximum absolute atomic E-state index is 13.0. The number of hydrogen-bond acceptors (Lipinski definition) is 5. The van der Waals surface area contributed by atoms with E-state index in [-0.39, 0.29) is 12.0 Å². The number of carbonyl (C=O) groups excluding carboxylic acids is 1. The predicted octanol–water partition coefficient (Wildman–Crippen LogP) is 4.14. The number of para-hydroxylation sites is 1. The molecule has 0 radical (unpaired) electrons. The Morgan fingerprint density at radius 3 is 3.09 bits per heavy atom. The summed E-state index contributed by atoms with van der Waals surface area (Å²) in [6.45, 7) is 3.68. The van der Waals surface area contributed by atoms with E-state index in [1.54, 1.807) is 6.20 Å². The van der Waals surface area contributed by atoms with Gasteiger partial charge in [0, 0.05) is 23.3 Å². The van der Waals surface area contributed by atoms with Gasteiger partial charge in [-0.15, -0.1) is 23.1 Å². The van der Waals surface area contributed by atoms with Gasteiger partial charge >= 0.3 is 0 Å². The first-order valence-electron chi connectivity index (χ1n) is 7.87. The molecule has 2 atom stereocenters. The highest BCUT2D eigenvalue weighted by molar-refractivity contribution is 8.00. The van der Waals surface area contributed by atoms with Crippen LogP contribution in [-0.2, 0) is 4.74 Å². The van der Waals surface area contributed by atoms with Crippen molar-refractivity contribution in [3.05, 3.63) is 40.3 Å². The first-order chi connectivity index (χ1) is 11.2. The molecular formula is C17H18N2O2S2. The standard InChI is InChI=1S/C17H18N2O2S2/c1-11-10-19(12-5-2-3-7-14(12)22-11)17(20)15-9-18-16(23-15)13-6-4-8-21-13/h2-3,5,7,9,11,13H,4,6,8,10H2,1H3/t11-,13-/m0/s1. The fourth-order valence-corrected chi connectivity index (χ4v) is 5.09. The zero-order chi connectivity index (χ0) is 15.8. The Morgan fingerprint density at radius 2 is 2.26 bits per heavy atom. The number of rotatable bonds is 2. The van der Waals surface area contributed by atoms with Gasteiger partial charge < -0.3 is 9.64 Å². The van der Waals surface area contributed by atoms with Gasteiger partial charge in [-0.1, -0.05) is 19.1 Å². The molecular weight excluding hydrogens is 328 g/mol. The quantitative estimate of drug-likeness (QED) is 0.820. The molecule has 6 heteroatoms. The van der Waals surface area contributed by atoms with Crippen molar-refractivity contribution >= 4 is 34.7 Å². The SMILES string of the molecule is C[C@H]1CN(C(=O)c2cnc([C@@H]3CCCO3)s2)c2ccccc2S1. The Hall–Kier alpha value is -1.37. The summed E-state index contributed by atoms with van der Waals surface area (Å²) >= 11 is 3.30. The van der Waals surface area contributed by atoms with Crippen molar-refractivity contribution in [2.24, 2.45) is 0 Å². The third-order valence-electron chi connectivity index (χ3n) is 4.11. The summed E-state index contributed by atoms with van der Waals surface area (Å²) in [7, 11) is 0. The van der Waals surface area contributed by atoms with Crippen molar-refractivity contribution in [2.75, 3.05) is 18.1 Å².